The molecule has 2 aromatic carbocycles. The van der Waals surface area contributed by atoms with Crippen LogP contribution in [0, 0.1) is 17.0 Å². The molecule has 0 aromatic heterocycles. The Bertz CT molecular complexity index is 959. The number of hydrogen-bond acceptors (Lipinski definition) is 7. The number of nitrogens with one attached hydrogen (secondary N) is 1. The van der Waals surface area contributed by atoms with Crippen LogP contribution in [-0.2, 0) is 14.3 Å². The zero-order chi connectivity index (χ0) is 20.8. The van der Waals surface area contributed by atoms with Gasteiger partial charge < -0.3 is 14.8 Å². The quantitative estimate of drug-likeness (QED) is 0.443. The van der Waals surface area contributed by atoms with E-state index in [1.54, 1.807) is 13.0 Å². The lowest BCUT2D eigenvalue weighted by Gasteiger charge is -2.10. The van der Waals surface area contributed by atoms with E-state index in [4.69, 9.17) is 16.3 Å². The maximum Gasteiger partial charge on any atom is 0.345 e. The second-order valence-electron chi connectivity index (χ2n) is 5.56. The Morgan fingerprint density at radius 3 is 2.50 bits per heavy atom. The minimum Gasteiger partial charge on any atom is -0.465 e. The van der Waals surface area contributed by atoms with Crippen LogP contribution < -0.4 is 5.32 Å². The van der Waals surface area contributed by atoms with Crippen LogP contribution in [0.3, 0.4) is 0 Å². The molecule has 0 aliphatic rings. The van der Waals surface area contributed by atoms with Gasteiger partial charge in [0.25, 0.3) is 11.6 Å². The Morgan fingerprint density at radius 1 is 1.14 bits per heavy atom. The summed E-state index contributed by atoms with van der Waals surface area (Å²) < 4.78 is 9.46. The number of nitro benzene ring substituents is 1. The largest absolute Gasteiger partial charge is 0.465 e. The number of hydrogen-bond donors (Lipinski definition) is 1. The van der Waals surface area contributed by atoms with E-state index in [0.29, 0.717) is 11.3 Å². The van der Waals surface area contributed by atoms with E-state index in [-0.39, 0.29) is 16.1 Å². The molecule has 2 aromatic rings. The van der Waals surface area contributed by atoms with Gasteiger partial charge in [-0.1, -0.05) is 17.7 Å². The fourth-order valence-electron chi connectivity index (χ4n) is 2.23. The van der Waals surface area contributed by atoms with Crippen LogP contribution in [0.1, 0.15) is 26.3 Å². The van der Waals surface area contributed by atoms with Crippen molar-refractivity contribution in [3.05, 3.63) is 68.2 Å². The van der Waals surface area contributed by atoms with E-state index in [2.05, 4.69) is 10.1 Å². The highest BCUT2D eigenvalue weighted by Gasteiger charge is 2.22. The molecule has 0 aliphatic carbocycles. The molecular formula is C18H15ClN2O7. The van der Waals surface area contributed by atoms with Gasteiger partial charge in [0.15, 0.2) is 6.61 Å². The summed E-state index contributed by atoms with van der Waals surface area (Å²) in [4.78, 5) is 46.0. The van der Waals surface area contributed by atoms with E-state index >= 15 is 0 Å². The second-order valence-corrected chi connectivity index (χ2v) is 6.00. The fourth-order valence-corrected chi connectivity index (χ4v) is 2.40. The standard InChI is InChI=1S/C18H15ClN2O7/c1-10-3-4-11(17(23)27-2)7-14(10)20-16(22)9-28-18(24)13-8-12(19)5-6-15(13)21(25)26/h3-8H,9H2,1-2H3,(H,20,22). The number of rotatable bonds is 6. The Morgan fingerprint density at radius 2 is 1.86 bits per heavy atom. The zero-order valence-corrected chi connectivity index (χ0v) is 15.6. The van der Waals surface area contributed by atoms with Crippen molar-refractivity contribution < 1.29 is 28.8 Å². The number of esters is 2. The number of carbonyl (C=O) groups excluding carboxylic acids is 3. The van der Waals surface area contributed by atoms with Crippen LogP contribution in [0.15, 0.2) is 36.4 Å². The van der Waals surface area contributed by atoms with Crippen molar-refractivity contribution in [3.8, 4) is 0 Å². The van der Waals surface area contributed by atoms with E-state index < -0.39 is 35.1 Å². The number of amides is 1. The maximum absolute atomic E-state index is 12.1. The van der Waals surface area contributed by atoms with E-state index in [9.17, 15) is 24.5 Å². The third-order valence-corrected chi connectivity index (χ3v) is 3.88. The van der Waals surface area contributed by atoms with Crippen molar-refractivity contribution in [1.82, 2.24) is 0 Å². The molecule has 28 heavy (non-hydrogen) atoms. The average molecular weight is 407 g/mol. The lowest BCUT2D eigenvalue weighted by Crippen LogP contribution is -2.22. The molecule has 1 amide bonds. The van der Waals surface area contributed by atoms with Gasteiger partial charge in [0.1, 0.15) is 5.56 Å². The van der Waals surface area contributed by atoms with E-state index in [0.717, 1.165) is 12.1 Å². The monoisotopic (exact) mass is 406 g/mol. The molecule has 9 nitrogen and oxygen atoms in total. The number of carbonyl (C=O) groups is 3. The van der Waals surface area contributed by atoms with Crippen LogP contribution in [0.4, 0.5) is 11.4 Å². The van der Waals surface area contributed by atoms with E-state index in [1.165, 1.54) is 25.3 Å². The number of benzene rings is 2. The average Bonchev–Trinajstić information content (AvgIpc) is 2.66. The second kappa shape index (κ2) is 8.96. The normalized spacial score (nSPS) is 10.1. The molecule has 2 rings (SSSR count). The lowest BCUT2D eigenvalue weighted by atomic mass is 10.1. The predicted octanol–water partition coefficient (Wildman–Crippen LogP) is 3.14. The SMILES string of the molecule is COC(=O)c1ccc(C)c(NC(=O)COC(=O)c2cc(Cl)ccc2[N+](=O)[O-])c1. The van der Waals surface area contributed by atoms with Gasteiger partial charge in [-0.15, -0.1) is 0 Å². The highest BCUT2D eigenvalue weighted by molar-refractivity contribution is 6.31. The van der Waals surface area contributed by atoms with Crippen LogP contribution in [0.2, 0.25) is 5.02 Å². The van der Waals surface area contributed by atoms with Crippen molar-refractivity contribution in [2.75, 3.05) is 19.0 Å². The first-order valence-electron chi connectivity index (χ1n) is 7.82. The van der Waals surface area contributed by atoms with Crippen molar-refractivity contribution in [3.63, 3.8) is 0 Å². The van der Waals surface area contributed by atoms with Gasteiger partial charge in [-0.25, -0.2) is 9.59 Å². The summed E-state index contributed by atoms with van der Waals surface area (Å²) >= 11 is 5.76. The van der Waals surface area contributed by atoms with E-state index in [1.807, 2.05) is 0 Å². The van der Waals surface area contributed by atoms with Gasteiger partial charge in [0.2, 0.25) is 0 Å². The number of ether oxygens (including phenoxy) is 2. The minimum atomic E-state index is -1.07. The summed E-state index contributed by atoms with van der Waals surface area (Å²) in [5.74, 6) is -2.33. The lowest BCUT2D eigenvalue weighted by molar-refractivity contribution is -0.385. The smallest absolute Gasteiger partial charge is 0.345 e. The molecule has 0 heterocycles. The first kappa shape index (κ1) is 20.8. The third kappa shape index (κ3) is 5.04. The molecule has 1 N–H and O–H groups in total. The summed E-state index contributed by atoms with van der Waals surface area (Å²) in [6.45, 7) is 1.02. The fraction of sp³-hybridized carbons (Fsp3) is 0.167. The van der Waals surface area contributed by atoms with Gasteiger partial charge in [-0.2, -0.15) is 0 Å². The van der Waals surface area contributed by atoms with Crippen LogP contribution >= 0.6 is 11.6 Å². The van der Waals surface area contributed by atoms with Gasteiger partial charge in [-0.3, -0.25) is 14.9 Å². The topological polar surface area (TPSA) is 125 Å². The number of halogens is 1. The Kier molecular flexibility index (Phi) is 6.67. The van der Waals surface area contributed by atoms with Crippen molar-refractivity contribution >= 4 is 40.8 Å². The van der Waals surface area contributed by atoms with Gasteiger partial charge in [0, 0.05) is 16.8 Å². The van der Waals surface area contributed by atoms with Crippen LogP contribution in [-0.4, -0.2) is 36.5 Å². The summed E-state index contributed by atoms with van der Waals surface area (Å²) in [6, 6.07) is 7.99. The number of anilines is 1. The Balaban J connectivity index is 2.07. The highest BCUT2D eigenvalue weighted by atomic mass is 35.5. The molecule has 0 atom stereocenters. The molecule has 146 valence electrons. The summed E-state index contributed by atoms with van der Waals surface area (Å²) in [7, 11) is 1.23. The molecule has 0 fully saturated rings. The number of methoxy groups -OCH3 is 1. The molecule has 0 saturated heterocycles. The van der Waals surface area contributed by atoms with Crippen LogP contribution in [0.25, 0.3) is 0 Å². The molecular weight excluding hydrogens is 392 g/mol. The number of nitro groups is 1. The molecule has 0 aliphatic heterocycles. The molecule has 0 unspecified atom stereocenters. The molecule has 10 heteroatoms. The van der Waals surface area contributed by atoms with Crippen molar-refractivity contribution in [1.29, 1.82) is 0 Å². The van der Waals surface area contributed by atoms with Crippen molar-refractivity contribution in [2.24, 2.45) is 0 Å². The number of aryl methyl sites for hydroxylation is 1. The first-order chi connectivity index (χ1) is 13.2. The van der Waals surface area contributed by atoms with Gasteiger partial charge in [-0.05, 0) is 36.8 Å². The predicted molar refractivity (Wildman–Crippen MR) is 99.5 cm³/mol. The summed E-state index contributed by atoms with van der Waals surface area (Å²) in [6.07, 6.45) is 0. The van der Waals surface area contributed by atoms with Gasteiger partial charge in [0.05, 0.1) is 17.6 Å². The maximum atomic E-state index is 12.1. The van der Waals surface area contributed by atoms with Gasteiger partial charge >= 0.3 is 11.9 Å². The van der Waals surface area contributed by atoms with Crippen LogP contribution in [0.5, 0.6) is 0 Å². The molecule has 0 radical (unpaired) electrons. The minimum absolute atomic E-state index is 0.109. The third-order valence-electron chi connectivity index (χ3n) is 3.64. The molecule has 0 spiro atoms. The number of nitrogens with zero attached hydrogens (tertiary/aromatic N) is 1. The Hall–Kier alpha value is -3.46. The zero-order valence-electron chi connectivity index (χ0n) is 14.9. The molecule has 0 saturated carbocycles. The first-order valence-corrected chi connectivity index (χ1v) is 8.20. The molecule has 0 bridgehead atoms. The highest BCUT2D eigenvalue weighted by Crippen LogP contribution is 2.23. The van der Waals surface area contributed by atoms with Crippen molar-refractivity contribution in [2.45, 2.75) is 6.92 Å². The summed E-state index contributed by atoms with van der Waals surface area (Å²) in [5, 5.41) is 13.6. The summed E-state index contributed by atoms with van der Waals surface area (Å²) in [5.41, 5.74) is 0.371. The Labute approximate surface area is 164 Å².